The molecule has 0 saturated carbocycles. The molecule has 12 heavy (non-hydrogen) atoms. The van der Waals surface area contributed by atoms with E-state index < -0.39 is 7.83 Å². The third-order valence-corrected chi connectivity index (χ3v) is 13.9. The van der Waals surface area contributed by atoms with E-state index in [0.717, 1.165) is 0 Å². The molecule has 1 nitrogen and oxygen atoms in total. The van der Waals surface area contributed by atoms with Gasteiger partial charge in [0.2, 0.25) is 7.83 Å². The molecule has 0 bridgehead atoms. The molecule has 0 radical (unpaired) electrons. The van der Waals surface area contributed by atoms with Crippen LogP contribution in [0.5, 0.6) is 0 Å². The molecule has 3 heteroatoms. The van der Waals surface area contributed by atoms with Crippen LogP contribution in [0.4, 0.5) is 0 Å². The van der Waals surface area contributed by atoms with Gasteiger partial charge >= 0.3 is 0 Å². The molecule has 0 fully saturated rings. The highest BCUT2D eigenvalue weighted by Gasteiger charge is 2.32. The monoisotopic (exact) mass is 198 g/mol. The second-order valence-electron chi connectivity index (χ2n) is 4.04. The third kappa shape index (κ3) is 1.48. The first-order valence-corrected chi connectivity index (χ1v) is 10.3. The average Bonchev–Trinajstić information content (AvgIpc) is 1.97. The van der Waals surface area contributed by atoms with Crippen molar-refractivity contribution in [2.75, 3.05) is 0 Å². The Morgan fingerprint density at radius 3 is 2.17 bits per heavy atom. The normalized spacial score (nSPS) is 22.8. The number of rotatable bonds is 0. The minimum atomic E-state index is -1.35. The zero-order chi connectivity index (χ0) is 9.52. The molecule has 0 N–H and O–H groups in total. The molecule has 0 atom stereocenters. The van der Waals surface area contributed by atoms with Crippen LogP contribution in [-0.4, -0.2) is 20.9 Å². The van der Waals surface area contributed by atoms with Gasteiger partial charge in [-0.2, -0.15) is 0 Å². The van der Waals surface area contributed by atoms with Crippen LogP contribution in [0.1, 0.15) is 20.8 Å². The predicted octanol–water partition coefficient (Wildman–Crippen LogP) is 2.49. The molecule has 0 amide bonds. The highest BCUT2D eigenvalue weighted by molar-refractivity contribution is 7.31. The van der Waals surface area contributed by atoms with Crippen LogP contribution >= 0.6 is 0 Å². The van der Waals surface area contributed by atoms with Crippen LogP contribution in [0, 0.1) is 0 Å². The van der Waals surface area contributed by atoms with Gasteiger partial charge in [-0.15, -0.1) is 0 Å². The molecule has 1 heterocycles. The van der Waals surface area contributed by atoms with E-state index in [4.69, 9.17) is 4.43 Å². The number of allylic oxidation sites excluding steroid dienone is 2. The fraction of sp³-hybridized carbons (Fsp3) is 0.667. The van der Waals surface area contributed by atoms with E-state index in [-0.39, 0.29) is 7.93 Å². The maximum Gasteiger partial charge on any atom is 0.246 e. The smallest absolute Gasteiger partial charge is 0.246 e. The topological polar surface area (TPSA) is 9.23 Å². The minimum Gasteiger partial charge on any atom is -0.547 e. The minimum absolute atomic E-state index is 0.353. The molecule has 0 aromatic heterocycles. The second kappa shape index (κ2) is 2.96. The molecule has 1 aliphatic heterocycles. The van der Waals surface area contributed by atoms with Crippen LogP contribution in [0.3, 0.4) is 0 Å². The highest BCUT2D eigenvalue weighted by Crippen LogP contribution is 2.21. The van der Waals surface area contributed by atoms with Crippen molar-refractivity contribution in [2.24, 2.45) is 0 Å². The lowest BCUT2D eigenvalue weighted by Gasteiger charge is -2.32. The van der Waals surface area contributed by atoms with Gasteiger partial charge in [0.05, 0.1) is 5.76 Å². The number of hydrogen-bond acceptors (Lipinski definition) is 1. The Hall–Kier alpha value is -0.156. The van der Waals surface area contributed by atoms with Gasteiger partial charge in [0.25, 0.3) is 0 Å². The summed E-state index contributed by atoms with van der Waals surface area (Å²) in [5, 5.41) is 1.63. The van der Waals surface area contributed by atoms with Crippen molar-refractivity contribution in [3.05, 3.63) is 11.3 Å². The van der Waals surface area contributed by atoms with E-state index in [1.807, 2.05) is 0 Å². The van der Waals surface area contributed by atoms with Gasteiger partial charge in [-0.25, -0.2) is 0 Å². The average molecular weight is 198 g/mol. The van der Waals surface area contributed by atoms with Crippen LogP contribution in [0.2, 0.25) is 19.6 Å². The van der Waals surface area contributed by atoms with Crippen molar-refractivity contribution < 1.29 is 4.43 Å². The molecule has 0 unspecified atom stereocenters. The van der Waals surface area contributed by atoms with Crippen LogP contribution < -0.4 is 0 Å². The molecule has 1 rings (SSSR count). The van der Waals surface area contributed by atoms with E-state index in [0.29, 0.717) is 0 Å². The van der Waals surface area contributed by atoms with E-state index in [2.05, 4.69) is 40.4 Å². The Kier molecular flexibility index (Phi) is 2.45. The summed E-state index contributed by atoms with van der Waals surface area (Å²) in [5.74, 6) is 1.17. The molecule has 68 valence electrons. The Labute approximate surface area is 77.6 Å². The quantitative estimate of drug-likeness (QED) is 0.543. The first-order valence-electron chi connectivity index (χ1n) is 4.41. The first-order chi connectivity index (χ1) is 5.36. The zero-order valence-corrected chi connectivity index (χ0v) is 10.9. The van der Waals surface area contributed by atoms with Gasteiger partial charge in [-0.3, -0.25) is 0 Å². The van der Waals surface area contributed by atoms with Gasteiger partial charge in [0, 0.05) is 7.93 Å². The van der Waals surface area contributed by atoms with Crippen molar-refractivity contribution in [2.45, 2.75) is 40.4 Å². The van der Waals surface area contributed by atoms with Gasteiger partial charge in [0.15, 0.2) is 0 Å². The second-order valence-corrected chi connectivity index (χ2v) is 15.1. The first kappa shape index (κ1) is 9.93. The highest BCUT2D eigenvalue weighted by atomic mass is 29.2. The summed E-state index contributed by atoms with van der Waals surface area (Å²) in [7, 11) is -1.71. The fourth-order valence-electron chi connectivity index (χ4n) is 1.53. The Morgan fingerprint density at radius 2 is 1.67 bits per heavy atom. The van der Waals surface area contributed by atoms with E-state index in [1.165, 1.54) is 11.3 Å². The van der Waals surface area contributed by atoms with Gasteiger partial charge < -0.3 is 4.43 Å². The van der Waals surface area contributed by atoms with Crippen molar-refractivity contribution in [1.29, 1.82) is 0 Å². The standard InChI is InChI=1S/C9H18OSi2/c1-7-8(2)10-12(5,6)11(4)9(7)3/h1-6H3. The fourth-order valence-corrected chi connectivity index (χ4v) is 8.44. The van der Waals surface area contributed by atoms with Crippen molar-refractivity contribution >= 4 is 20.9 Å². The van der Waals surface area contributed by atoms with Crippen molar-refractivity contribution in [3.63, 3.8) is 0 Å². The van der Waals surface area contributed by atoms with Gasteiger partial charge in [-0.05, 0) is 39.4 Å². The van der Waals surface area contributed by atoms with E-state index in [9.17, 15) is 0 Å². The summed E-state index contributed by atoms with van der Waals surface area (Å²) in [4.78, 5) is 0. The summed E-state index contributed by atoms with van der Waals surface area (Å²) in [6.45, 7) is 13.6. The van der Waals surface area contributed by atoms with Crippen LogP contribution in [0.15, 0.2) is 11.3 Å². The zero-order valence-electron chi connectivity index (χ0n) is 8.91. The summed E-state index contributed by atoms with van der Waals surface area (Å²) in [6, 6.07) is 0. The van der Waals surface area contributed by atoms with E-state index in [1.54, 1.807) is 5.17 Å². The molecule has 0 saturated heterocycles. The maximum absolute atomic E-state index is 6.01. The Morgan fingerprint density at radius 1 is 1.17 bits per heavy atom. The van der Waals surface area contributed by atoms with Crippen molar-refractivity contribution in [3.8, 4) is 0 Å². The SMILES string of the molecule is CC1=C(C)C(C)=[Si](C)[Si](C)(C)O1. The maximum atomic E-state index is 6.01. The summed E-state index contributed by atoms with van der Waals surface area (Å²) in [5.41, 5.74) is 1.40. The largest absolute Gasteiger partial charge is 0.547 e. The molecule has 0 aromatic rings. The van der Waals surface area contributed by atoms with E-state index >= 15 is 0 Å². The lowest BCUT2D eigenvalue weighted by molar-refractivity contribution is 0.429. The molecule has 0 aromatic carbocycles. The molecule has 0 aliphatic carbocycles. The molecular formula is C9H18OSi2. The summed E-state index contributed by atoms with van der Waals surface area (Å²) in [6.07, 6.45) is 0. The number of hydrogen-bond donors (Lipinski definition) is 0. The molecule has 0 spiro atoms. The predicted molar refractivity (Wildman–Crippen MR) is 59.2 cm³/mol. The van der Waals surface area contributed by atoms with Crippen molar-refractivity contribution in [1.82, 2.24) is 0 Å². The summed E-state index contributed by atoms with van der Waals surface area (Å²) < 4.78 is 6.01. The molecular weight excluding hydrogens is 180 g/mol. The van der Waals surface area contributed by atoms with Gasteiger partial charge in [-0.1, -0.05) is 11.7 Å². The Bertz CT molecular complexity index is 274. The Balaban J connectivity index is 3.20. The van der Waals surface area contributed by atoms with Gasteiger partial charge in [0.1, 0.15) is 0 Å². The lowest BCUT2D eigenvalue weighted by atomic mass is 10.2. The van der Waals surface area contributed by atoms with Crippen LogP contribution in [0.25, 0.3) is 0 Å². The summed E-state index contributed by atoms with van der Waals surface area (Å²) >= 11 is 0. The third-order valence-electron chi connectivity index (χ3n) is 2.96. The van der Waals surface area contributed by atoms with Crippen LogP contribution in [-0.2, 0) is 4.43 Å². The molecule has 1 aliphatic rings. The lowest BCUT2D eigenvalue weighted by Crippen LogP contribution is -2.47.